The van der Waals surface area contributed by atoms with Crippen molar-refractivity contribution >= 4 is 5.91 Å². The van der Waals surface area contributed by atoms with Crippen LogP contribution in [-0.2, 0) is 11.2 Å². The van der Waals surface area contributed by atoms with E-state index in [1.165, 1.54) is 16.7 Å². The van der Waals surface area contributed by atoms with E-state index in [0.717, 1.165) is 12.2 Å². The van der Waals surface area contributed by atoms with Crippen LogP contribution in [-0.4, -0.2) is 25.0 Å². The Bertz CT molecular complexity index is 495. The maximum absolute atomic E-state index is 11.8. The molecule has 0 spiro atoms. The number of aryl methyl sites for hydroxylation is 1. The molecular weight excluding hydrogens is 214 g/mol. The fourth-order valence-electron chi connectivity index (χ4n) is 3.35. The van der Waals surface area contributed by atoms with Gasteiger partial charge in [0.1, 0.15) is 5.75 Å². The summed E-state index contributed by atoms with van der Waals surface area (Å²) in [6.45, 7) is 2.14. The van der Waals surface area contributed by atoms with Crippen LogP contribution >= 0.6 is 0 Å². The van der Waals surface area contributed by atoms with Crippen LogP contribution in [0.5, 0.6) is 5.75 Å². The molecule has 0 aromatic heterocycles. The summed E-state index contributed by atoms with van der Waals surface area (Å²) in [5, 5.41) is 0. The van der Waals surface area contributed by atoms with Gasteiger partial charge in [0, 0.05) is 19.0 Å². The molecule has 2 aliphatic rings. The lowest BCUT2D eigenvalue weighted by molar-refractivity contribution is -0.127. The smallest absolute Gasteiger partial charge is 0.223 e. The van der Waals surface area contributed by atoms with Gasteiger partial charge in [-0.1, -0.05) is 6.07 Å². The van der Waals surface area contributed by atoms with Crippen molar-refractivity contribution < 1.29 is 9.53 Å². The lowest BCUT2D eigenvalue weighted by Crippen LogP contribution is -2.23. The highest BCUT2D eigenvalue weighted by molar-refractivity contribution is 5.80. The van der Waals surface area contributed by atoms with Gasteiger partial charge in [0.2, 0.25) is 5.91 Å². The van der Waals surface area contributed by atoms with E-state index in [1.807, 2.05) is 18.0 Å². The third-order valence-electron chi connectivity index (χ3n) is 4.23. The number of amides is 1. The molecule has 1 fully saturated rings. The van der Waals surface area contributed by atoms with Gasteiger partial charge in [-0.05, 0) is 36.5 Å². The zero-order valence-electron chi connectivity index (χ0n) is 10.5. The number of fused-ring (bicyclic) bond motifs is 3. The summed E-state index contributed by atoms with van der Waals surface area (Å²) in [6.07, 6.45) is 1.69. The van der Waals surface area contributed by atoms with E-state index >= 15 is 0 Å². The molecule has 2 atom stereocenters. The van der Waals surface area contributed by atoms with E-state index < -0.39 is 0 Å². The van der Waals surface area contributed by atoms with Crippen LogP contribution in [0.1, 0.15) is 29.2 Å². The highest BCUT2D eigenvalue weighted by atomic mass is 16.5. The van der Waals surface area contributed by atoms with Crippen molar-refractivity contribution in [1.82, 2.24) is 4.90 Å². The fourth-order valence-corrected chi connectivity index (χ4v) is 3.35. The van der Waals surface area contributed by atoms with E-state index in [4.69, 9.17) is 4.74 Å². The summed E-state index contributed by atoms with van der Waals surface area (Å²) >= 11 is 0. The quantitative estimate of drug-likeness (QED) is 0.740. The number of carbonyl (C=O) groups is 1. The molecule has 0 bridgehead atoms. The van der Waals surface area contributed by atoms with Crippen LogP contribution in [0.25, 0.3) is 0 Å². The van der Waals surface area contributed by atoms with Crippen LogP contribution in [0.15, 0.2) is 12.1 Å². The Labute approximate surface area is 101 Å². The highest BCUT2D eigenvalue weighted by Crippen LogP contribution is 2.50. The topological polar surface area (TPSA) is 29.5 Å². The molecule has 1 heterocycles. The van der Waals surface area contributed by atoms with E-state index in [1.54, 1.807) is 7.11 Å². The van der Waals surface area contributed by atoms with Crippen molar-refractivity contribution in [3.63, 3.8) is 0 Å². The predicted octanol–water partition coefficient (Wildman–Crippen LogP) is 2.08. The van der Waals surface area contributed by atoms with Crippen molar-refractivity contribution in [3.8, 4) is 5.75 Å². The van der Waals surface area contributed by atoms with E-state index in [9.17, 15) is 4.79 Å². The Morgan fingerprint density at radius 2 is 2.12 bits per heavy atom. The molecule has 1 saturated heterocycles. The van der Waals surface area contributed by atoms with Gasteiger partial charge in [0.15, 0.2) is 0 Å². The second kappa shape index (κ2) is 3.49. The summed E-state index contributed by atoms with van der Waals surface area (Å²) < 4.78 is 5.47. The minimum absolute atomic E-state index is 0.229. The van der Waals surface area contributed by atoms with Gasteiger partial charge < -0.3 is 9.64 Å². The first-order valence-electron chi connectivity index (χ1n) is 6.05. The molecule has 0 radical (unpaired) electrons. The highest BCUT2D eigenvalue weighted by Gasteiger charge is 2.45. The van der Waals surface area contributed by atoms with Gasteiger partial charge in [-0.25, -0.2) is 0 Å². The molecule has 17 heavy (non-hydrogen) atoms. The van der Waals surface area contributed by atoms with Crippen molar-refractivity contribution in [1.29, 1.82) is 0 Å². The van der Waals surface area contributed by atoms with Crippen molar-refractivity contribution in [3.05, 3.63) is 28.8 Å². The molecule has 2 unspecified atom stereocenters. The summed E-state index contributed by atoms with van der Waals surface area (Å²) in [6, 6.07) is 4.36. The molecule has 0 N–H and O–H groups in total. The van der Waals surface area contributed by atoms with Gasteiger partial charge in [0.05, 0.1) is 13.2 Å². The maximum atomic E-state index is 11.8. The summed E-state index contributed by atoms with van der Waals surface area (Å²) in [5.41, 5.74) is 3.94. The third-order valence-corrected chi connectivity index (χ3v) is 4.23. The summed E-state index contributed by atoms with van der Waals surface area (Å²) in [5.74, 6) is 1.63. The van der Waals surface area contributed by atoms with Crippen molar-refractivity contribution in [2.75, 3.05) is 14.2 Å². The first kappa shape index (κ1) is 10.6. The van der Waals surface area contributed by atoms with Gasteiger partial charge >= 0.3 is 0 Å². The number of methoxy groups -OCH3 is 1. The van der Waals surface area contributed by atoms with Crippen molar-refractivity contribution in [2.24, 2.45) is 5.92 Å². The number of carbonyl (C=O) groups excluding carboxylic acids is 1. The minimum atomic E-state index is 0.229. The number of likely N-dealkylation sites (tertiary alicyclic amines) is 1. The molecule has 1 aromatic carbocycles. The summed E-state index contributed by atoms with van der Waals surface area (Å²) in [4.78, 5) is 13.7. The van der Waals surface area contributed by atoms with Crippen LogP contribution in [0.3, 0.4) is 0 Å². The number of hydrogen-bond acceptors (Lipinski definition) is 2. The Morgan fingerprint density at radius 3 is 2.82 bits per heavy atom. The van der Waals surface area contributed by atoms with Crippen LogP contribution in [0, 0.1) is 12.8 Å². The molecule has 1 aliphatic heterocycles. The van der Waals surface area contributed by atoms with Gasteiger partial charge in [-0.2, -0.15) is 0 Å². The van der Waals surface area contributed by atoms with Crippen LogP contribution in [0.4, 0.5) is 0 Å². The number of ether oxygens (including phenoxy) is 1. The zero-order chi connectivity index (χ0) is 12.2. The standard InChI is InChI=1S/C14H17NO2/c1-8-4-5-11(17-3)13-10(8)6-9-7-12(16)15(2)14(9)13/h4-5,9,14H,6-7H2,1-3H3. The van der Waals surface area contributed by atoms with Gasteiger partial charge in [-0.3, -0.25) is 4.79 Å². The number of rotatable bonds is 1. The molecule has 3 rings (SSSR count). The molecule has 0 saturated carbocycles. The van der Waals surface area contributed by atoms with E-state index in [-0.39, 0.29) is 11.9 Å². The molecule has 1 aliphatic carbocycles. The summed E-state index contributed by atoms with van der Waals surface area (Å²) in [7, 11) is 3.61. The van der Waals surface area contributed by atoms with Gasteiger partial charge in [-0.15, -0.1) is 0 Å². The average Bonchev–Trinajstić information content (AvgIpc) is 2.80. The predicted molar refractivity (Wildman–Crippen MR) is 65.1 cm³/mol. The minimum Gasteiger partial charge on any atom is -0.496 e. The second-order valence-electron chi connectivity index (χ2n) is 5.09. The lowest BCUT2D eigenvalue weighted by atomic mass is 10.0. The second-order valence-corrected chi connectivity index (χ2v) is 5.09. The Hall–Kier alpha value is -1.51. The monoisotopic (exact) mass is 231 g/mol. The SMILES string of the molecule is COc1ccc(C)c2c1C1C(CC(=O)N1C)C2. The lowest BCUT2D eigenvalue weighted by Gasteiger charge is -2.22. The molecule has 3 nitrogen and oxygen atoms in total. The first-order chi connectivity index (χ1) is 8.13. The third kappa shape index (κ3) is 1.31. The van der Waals surface area contributed by atoms with Crippen LogP contribution < -0.4 is 4.74 Å². The van der Waals surface area contributed by atoms with Gasteiger partial charge in [0.25, 0.3) is 0 Å². The van der Waals surface area contributed by atoms with Crippen LogP contribution in [0.2, 0.25) is 0 Å². The Balaban J connectivity index is 2.16. The fraction of sp³-hybridized carbons (Fsp3) is 0.500. The van der Waals surface area contributed by atoms with E-state index in [2.05, 4.69) is 13.0 Å². The number of benzene rings is 1. The number of hydrogen-bond donors (Lipinski definition) is 0. The first-order valence-corrected chi connectivity index (χ1v) is 6.05. The van der Waals surface area contributed by atoms with E-state index in [0.29, 0.717) is 12.3 Å². The Morgan fingerprint density at radius 1 is 1.35 bits per heavy atom. The molecule has 1 amide bonds. The maximum Gasteiger partial charge on any atom is 0.223 e. The molecule has 3 heteroatoms. The molecule has 1 aromatic rings. The zero-order valence-corrected chi connectivity index (χ0v) is 10.5. The molecule has 90 valence electrons. The van der Waals surface area contributed by atoms with Crippen molar-refractivity contribution in [2.45, 2.75) is 25.8 Å². The number of nitrogens with zero attached hydrogens (tertiary/aromatic N) is 1. The largest absolute Gasteiger partial charge is 0.496 e. The molecular formula is C14H17NO2. The Kier molecular flexibility index (Phi) is 2.18. The average molecular weight is 231 g/mol. The normalized spacial score (nSPS) is 26.1.